The average Bonchev–Trinajstić information content (AvgIpc) is 2.06. The van der Waals surface area contributed by atoms with E-state index in [2.05, 4.69) is 30.1 Å². The van der Waals surface area contributed by atoms with E-state index < -0.39 is 0 Å². The van der Waals surface area contributed by atoms with Gasteiger partial charge >= 0.3 is 0 Å². The molecule has 0 aromatic heterocycles. The Hall–Kier alpha value is -1.24. The summed E-state index contributed by atoms with van der Waals surface area (Å²) in [7, 11) is 0. The molecular formula is C11H15N. The summed E-state index contributed by atoms with van der Waals surface area (Å²) in [5.41, 5.74) is 2.10. The molecule has 0 heterocycles. The van der Waals surface area contributed by atoms with Crippen LogP contribution >= 0.6 is 0 Å². The lowest BCUT2D eigenvalue weighted by atomic mass is 10.1. The Labute approximate surface area is 74.2 Å². The number of hydrogen-bond acceptors (Lipinski definition) is 1. The van der Waals surface area contributed by atoms with Crippen LogP contribution in [0, 0.1) is 0 Å². The van der Waals surface area contributed by atoms with E-state index >= 15 is 0 Å². The predicted molar refractivity (Wildman–Crippen MR) is 53.5 cm³/mol. The van der Waals surface area contributed by atoms with Gasteiger partial charge in [0.1, 0.15) is 0 Å². The van der Waals surface area contributed by atoms with Crippen molar-refractivity contribution in [1.29, 1.82) is 0 Å². The first-order valence-electron chi connectivity index (χ1n) is 4.28. The first kappa shape index (κ1) is 8.85. The molecule has 0 amide bonds. The van der Waals surface area contributed by atoms with Gasteiger partial charge in [-0.1, -0.05) is 24.8 Å². The van der Waals surface area contributed by atoms with Gasteiger partial charge in [0.15, 0.2) is 0 Å². The fourth-order valence-corrected chi connectivity index (χ4v) is 1.13. The van der Waals surface area contributed by atoms with Crippen molar-refractivity contribution in [3.8, 4) is 0 Å². The van der Waals surface area contributed by atoms with Crippen LogP contribution in [0.4, 0.5) is 0 Å². The summed E-state index contributed by atoms with van der Waals surface area (Å²) in [4.78, 5) is 0. The molecular weight excluding hydrogens is 146 g/mol. The molecule has 0 bridgehead atoms. The Kier molecular flexibility index (Phi) is 3.39. The van der Waals surface area contributed by atoms with E-state index in [1.54, 1.807) is 0 Å². The lowest BCUT2D eigenvalue weighted by Crippen LogP contribution is -2.09. The predicted octanol–water partition coefficient (Wildman–Crippen LogP) is 2.90. The van der Waals surface area contributed by atoms with Crippen molar-refractivity contribution in [2.75, 3.05) is 0 Å². The average molecular weight is 161 g/mol. The summed E-state index contributed by atoms with van der Waals surface area (Å²) in [6.45, 7) is 5.85. The second-order valence-electron chi connectivity index (χ2n) is 2.79. The first-order valence-corrected chi connectivity index (χ1v) is 4.28. The number of rotatable bonds is 3. The van der Waals surface area contributed by atoms with Crippen molar-refractivity contribution in [3.05, 3.63) is 48.4 Å². The summed E-state index contributed by atoms with van der Waals surface area (Å²) >= 11 is 0. The van der Waals surface area contributed by atoms with E-state index in [9.17, 15) is 0 Å². The maximum atomic E-state index is 3.87. The van der Waals surface area contributed by atoms with Crippen molar-refractivity contribution in [2.45, 2.75) is 19.8 Å². The minimum atomic E-state index is 0.940. The Morgan fingerprint density at radius 1 is 1.58 bits per heavy atom. The molecule has 0 aliphatic heterocycles. The molecule has 1 rings (SSSR count). The lowest BCUT2D eigenvalue weighted by Gasteiger charge is -2.09. The molecule has 0 spiro atoms. The molecule has 1 N–H and O–H groups in total. The number of allylic oxidation sites excluding steroid dienone is 5. The van der Waals surface area contributed by atoms with E-state index in [1.165, 1.54) is 0 Å². The maximum absolute atomic E-state index is 3.87. The summed E-state index contributed by atoms with van der Waals surface area (Å²) in [5, 5.41) is 3.21. The van der Waals surface area contributed by atoms with E-state index in [4.69, 9.17) is 0 Å². The first-order chi connectivity index (χ1) is 5.83. The minimum absolute atomic E-state index is 0.940. The van der Waals surface area contributed by atoms with Gasteiger partial charge in [0, 0.05) is 11.4 Å². The molecule has 0 saturated heterocycles. The molecule has 0 unspecified atom stereocenters. The fourth-order valence-electron chi connectivity index (χ4n) is 1.13. The minimum Gasteiger partial charge on any atom is -0.356 e. The highest BCUT2D eigenvalue weighted by Crippen LogP contribution is 2.08. The third-order valence-electron chi connectivity index (χ3n) is 1.67. The van der Waals surface area contributed by atoms with Crippen LogP contribution in [-0.2, 0) is 0 Å². The van der Waals surface area contributed by atoms with Crippen LogP contribution in [-0.4, -0.2) is 0 Å². The van der Waals surface area contributed by atoms with Gasteiger partial charge in [0.25, 0.3) is 0 Å². The molecule has 0 aromatic rings. The van der Waals surface area contributed by atoms with Crippen molar-refractivity contribution in [3.63, 3.8) is 0 Å². The SMILES string of the molecule is C=C(/C=C\C)NC1=CCCC=C1. The van der Waals surface area contributed by atoms with Crippen LogP contribution in [0.25, 0.3) is 0 Å². The molecule has 0 saturated carbocycles. The monoisotopic (exact) mass is 161 g/mol. The molecule has 1 aliphatic rings. The Morgan fingerprint density at radius 2 is 2.42 bits per heavy atom. The number of nitrogens with one attached hydrogen (secondary N) is 1. The van der Waals surface area contributed by atoms with Gasteiger partial charge in [-0.15, -0.1) is 0 Å². The van der Waals surface area contributed by atoms with E-state index in [1.807, 2.05) is 19.1 Å². The zero-order valence-electron chi connectivity index (χ0n) is 7.51. The van der Waals surface area contributed by atoms with E-state index in [-0.39, 0.29) is 0 Å². The Bertz CT molecular complexity index is 244. The zero-order chi connectivity index (χ0) is 8.81. The van der Waals surface area contributed by atoms with Crippen LogP contribution in [0.15, 0.2) is 48.4 Å². The van der Waals surface area contributed by atoms with Gasteiger partial charge in [-0.2, -0.15) is 0 Å². The summed E-state index contributed by atoms with van der Waals surface area (Å²) in [6.07, 6.45) is 12.7. The van der Waals surface area contributed by atoms with Crippen molar-refractivity contribution >= 4 is 0 Å². The van der Waals surface area contributed by atoms with E-state index in [0.717, 1.165) is 24.2 Å². The van der Waals surface area contributed by atoms with E-state index in [0.29, 0.717) is 0 Å². The van der Waals surface area contributed by atoms with Gasteiger partial charge in [0.2, 0.25) is 0 Å². The maximum Gasteiger partial charge on any atom is 0.0340 e. The fraction of sp³-hybridized carbons (Fsp3) is 0.273. The lowest BCUT2D eigenvalue weighted by molar-refractivity contribution is 0.951. The largest absolute Gasteiger partial charge is 0.356 e. The van der Waals surface area contributed by atoms with Crippen molar-refractivity contribution < 1.29 is 0 Å². The third-order valence-corrected chi connectivity index (χ3v) is 1.67. The standard InChI is InChI=1S/C11H15N/c1-3-7-10(2)12-11-8-5-4-6-9-11/h3,5,7-9,12H,2,4,6H2,1H3/b7-3-. The topological polar surface area (TPSA) is 12.0 Å². The molecule has 0 fully saturated rings. The molecule has 0 atom stereocenters. The Balaban J connectivity index is 2.45. The van der Waals surface area contributed by atoms with Crippen molar-refractivity contribution in [2.24, 2.45) is 0 Å². The van der Waals surface area contributed by atoms with Crippen LogP contribution in [0.5, 0.6) is 0 Å². The summed E-state index contributed by atoms with van der Waals surface area (Å²) in [5.74, 6) is 0. The highest BCUT2D eigenvalue weighted by atomic mass is 14.9. The zero-order valence-corrected chi connectivity index (χ0v) is 7.51. The van der Waals surface area contributed by atoms with Crippen LogP contribution in [0.3, 0.4) is 0 Å². The third kappa shape index (κ3) is 2.79. The normalized spacial score (nSPS) is 16.2. The smallest absolute Gasteiger partial charge is 0.0340 e. The summed E-state index contributed by atoms with van der Waals surface area (Å²) < 4.78 is 0. The van der Waals surface area contributed by atoms with Gasteiger partial charge in [-0.05, 0) is 31.9 Å². The number of hydrogen-bond donors (Lipinski definition) is 1. The van der Waals surface area contributed by atoms with Crippen LogP contribution in [0.2, 0.25) is 0 Å². The molecule has 0 aromatic carbocycles. The second-order valence-corrected chi connectivity index (χ2v) is 2.79. The van der Waals surface area contributed by atoms with Crippen molar-refractivity contribution in [1.82, 2.24) is 5.32 Å². The van der Waals surface area contributed by atoms with Crippen LogP contribution in [0.1, 0.15) is 19.8 Å². The molecule has 1 heteroatoms. The van der Waals surface area contributed by atoms with Gasteiger partial charge in [-0.3, -0.25) is 0 Å². The van der Waals surface area contributed by atoms with Gasteiger partial charge in [0.05, 0.1) is 0 Å². The molecule has 64 valence electrons. The molecule has 1 aliphatic carbocycles. The molecule has 12 heavy (non-hydrogen) atoms. The Morgan fingerprint density at radius 3 is 3.00 bits per heavy atom. The van der Waals surface area contributed by atoms with Crippen LogP contribution < -0.4 is 5.32 Å². The molecule has 1 nitrogen and oxygen atoms in total. The highest BCUT2D eigenvalue weighted by Gasteiger charge is 1.95. The second kappa shape index (κ2) is 4.60. The quantitative estimate of drug-likeness (QED) is 0.627. The summed E-state index contributed by atoms with van der Waals surface area (Å²) in [6, 6.07) is 0. The van der Waals surface area contributed by atoms with Gasteiger partial charge in [-0.25, -0.2) is 0 Å². The highest BCUT2D eigenvalue weighted by molar-refractivity contribution is 5.27. The van der Waals surface area contributed by atoms with Gasteiger partial charge < -0.3 is 5.32 Å². The molecule has 0 radical (unpaired) electrons.